The first-order chi connectivity index (χ1) is 17.9. The second-order valence-corrected chi connectivity index (χ2v) is 10.6. The van der Waals surface area contributed by atoms with Crippen LogP contribution in [0.1, 0.15) is 24.2 Å². The summed E-state index contributed by atoms with van der Waals surface area (Å²) in [5.41, 5.74) is 9.45. The molecule has 1 saturated heterocycles. The van der Waals surface area contributed by atoms with Gasteiger partial charge in [0.1, 0.15) is 17.8 Å². The number of aliphatic carboxylic acids is 1. The Kier molecular flexibility index (Phi) is 7.60. The summed E-state index contributed by atoms with van der Waals surface area (Å²) in [7, 11) is -4.97. The van der Waals surface area contributed by atoms with Gasteiger partial charge in [0.25, 0.3) is 11.8 Å². The van der Waals surface area contributed by atoms with E-state index in [1.165, 1.54) is 11.6 Å². The lowest BCUT2D eigenvalue weighted by atomic mass is 9.98. The van der Waals surface area contributed by atoms with E-state index in [9.17, 15) is 32.5 Å². The molecule has 0 unspecified atom stereocenters. The number of nitrogens with two attached hydrogens (primary N) is 2. The molecule has 4 rings (SSSR count). The Morgan fingerprint density at radius 2 is 2.11 bits per heavy atom. The maximum Gasteiger partial charge on any atom is 0.362 e. The fraction of sp³-hybridized carbons (Fsp3) is 0.500. The number of anilines is 1. The third kappa shape index (κ3) is 5.72. The monoisotopic (exact) mass is 572 g/mol. The number of hydrogen-bond acceptors (Lipinski definition) is 14. The van der Waals surface area contributed by atoms with Gasteiger partial charge < -0.3 is 32.0 Å². The maximum atomic E-state index is 13.1. The van der Waals surface area contributed by atoms with E-state index in [0.717, 1.165) is 16.1 Å². The minimum Gasteiger partial charge on any atom is -0.478 e. The van der Waals surface area contributed by atoms with Gasteiger partial charge in [-0.2, -0.15) is 23.4 Å². The van der Waals surface area contributed by atoms with Crippen molar-refractivity contribution < 1.29 is 37.3 Å². The van der Waals surface area contributed by atoms with Gasteiger partial charge in [0.05, 0.1) is 18.4 Å². The Bertz CT molecular complexity index is 1370. The van der Waals surface area contributed by atoms with Crippen LogP contribution in [0.3, 0.4) is 0 Å². The van der Waals surface area contributed by atoms with Crippen LogP contribution >= 0.6 is 11.3 Å². The minimum absolute atomic E-state index is 0.0514. The highest BCUT2D eigenvalue weighted by Gasteiger charge is 2.56. The number of amides is 2. The molecule has 20 heteroatoms. The summed E-state index contributed by atoms with van der Waals surface area (Å²) in [5, 5.41) is 28.0. The summed E-state index contributed by atoms with van der Waals surface area (Å²) in [6, 6.07) is -2.74. The van der Waals surface area contributed by atoms with Crippen LogP contribution in [-0.4, -0.2) is 96.6 Å². The molecule has 18 nitrogen and oxygen atoms in total. The molecule has 1 aliphatic heterocycles. The van der Waals surface area contributed by atoms with Gasteiger partial charge in [-0.3, -0.25) is 14.1 Å². The smallest absolute Gasteiger partial charge is 0.362 e. The number of carbonyl (C=O) groups excluding carboxylic acids is 2. The third-order valence-electron chi connectivity index (χ3n) is 5.65. The van der Waals surface area contributed by atoms with Crippen molar-refractivity contribution in [1.82, 2.24) is 34.9 Å². The molecule has 2 aromatic rings. The zero-order valence-corrected chi connectivity index (χ0v) is 21.2. The fourth-order valence-corrected chi connectivity index (χ4v) is 4.95. The summed E-state index contributed by atoms with van der Waals surface area (Å²) in [4.78, 5) is 47.4. The standard InChI is InChI=1S/C18H24N10O8S2/c19-3-4-21-5-9-6-22-27(25-9)7-11-13(15(30)28(11)38(33,34)35)24-14(29)12(10-8-37-17(20)23-10)26-36-18(1-2-18)16(31)32/h6,8,11,13,21H,1-5,7,19H2,(H2,20,23)(H,24,29)(H,31,32)(H,33,34,35)/t11-,13+/m1/s1. The molecule has 2 aromatic heterocycles. The number of nitrogens with zero attached hydrogens (tertiary/aromatic N) is 6. The van der Waals surface area contributed by atoms with Crippen LogP contribution in [0, 0.1) is 0 Å². The summed E-state index contributed by atoms with van der Waals surface area (Å²) < 4.78 is 33.4. The van der Waals surface area contributed by atoms with Crippen LogP contribution in [0.4, 0.5) is 5.13 Å². The van der Waals surface area contributed by atoms with Crippen LogP contribution in [0.15, 0.2) is 16.7 Å². The third-order valence-corrected chi connectivity index (χ3v) is 7.27. The topological polar surface area (TPSA) is 270 Å². The normalized spacial score (nSPS) is 20.6. The molecule has 8 N–H and O–H groups in total. The van der Waals surface area contributed by atoms with E-state index in [0.29, 0.717) is 25.3 Å². The lowest BCUT2D eigenvalue weighted by molar-refractivity contribution is -0.153. The van der Waals surface area contributed by atoms with Crippen LogP contribution in [0.2, 0.25) is 0 Å². The average molecular weight is 573 g/mol. The molecule has 206 valence electrons. The van der Waals surface area contributed by atoms with Crippen molar-refractivity contribution >= 4 is 50.3 Å². The van der Waals surface area contributed by atoms with E-state index >= 15 is 0 Å². The van der Waals surface area contributed by atoms with Gasteiger partial charge in [0.15, 0.2) is 10.8 Å². The molecule has 0 spiro atoms. The predicted octanol–water partition coefficient (Wildman–Crippen LogP) is -3.10. The van der Waals surface area contributed by atoms with E-state index in [1.807, 2.05) is 0 Å². The summed E-state index contributed by atoms with van der Waals surface area (Å²) >= 11 is 0.974. The minimum atomic E-state index is -4.97. The zero-order chi connectivity index (χ0) is 27.7. The molecule has 0 radical (unpaired) electrons. The number of rotatable bonds is 13. The first-order valence-electron chi connectivity index (χ1n) is 11.1. The van der Waals surface area contributed by atoms with Gasteiger partial charge >= 0.3 is 16.3 Å². The molecule has 3 heterocycles. The van der Waals surface area contributed by atoms with E-state index in [-0.39, 0.29) is 34.5 Å². The zero-order valence-electron chi connectivity index (χ0n) is 19.6. The number of nitrogen functional groups attached to an aromatic ring is 1. The van der Waals surface area contributed by atoms with Crippen molar-refractivity contribution in [2.45, 2.75) is 43.6 Å². The first kappa shape index (κ1) is 27.3. The highest BCUT2D eigenvalue weighted by atomic mass is 32.2. The second kappa shape index (κ2) is 10.6. The average Bonchev–Trinajstić information content (AvgIpc) is 3.31. The van der Waals surface area contributed by atoms with E-state index in [2.05, 4.69) is 31.0 Å². The van der Waals surface area contributed by atoms with Crippen molar-refractivity contribution in [1.29, 1.82) is 0 Å². The molecule has 2 amide bonds. The Hall–Kier alpha value is -3.72. The van der Waals surface area contributed by atoms with E-state index in [4.69, 9.17) is 16.3 Å². The largest absolute Gasteiger partial charge is 0.478 e. The number of carboxylic acids is 1. The van der Waals surface area contributed by atoms with Crippen molar-refractivity contribution in [3.63, 3.8) is 0 Å². The molecule has 2 fully saturated rings. The molecule has 1 saturated carbocycles. The first-order valence-corrected chi connectivity index (χ1v) is 13.3. The molecule has 0 bridgehead atoms. The van der Waals surface area contributed by atoms with Crippen LogP contribution in [0.5, 0.6) is 0 Å². The number of thiazole rings is 1. The van der Waals surface area contributed by atoms with Crippen LogP contribution < -0.4 is 22.1 Å². The van der Waals surface area contributed by atoms with Crippen molar-refractivity contribution in [2.24, 2.45) is 10.9 Å². The van der Waals surface area contributed by atoms with Crippen molar-refractivity contribution in [3.05, 3.63) is 23.0 Å². The van der Waals surface area contributed by atoms with Gasteiger partial charge in [-0.25, -0.2) is 14.1 Å². The Labute approximate surface area is 218 Å². The Morgan fingerprint density at radius 1 is 1.37 bits per heavy atom. The molecular weight excluding hydrogens is 548 g/mol. The molecule has 0 aromatic carbocycles. The highest BCUT2D eigenvalue weighted by molar-refractivity contribution is 7.84. The van der Waals surface area contributed by atoms with Crippen LogP contribution in [0.25, 0.3) is 0 Å². The molecule has 38 heavy (non-hydrogen) atoms. The summed E-state index contributed by atoms with van der Waals surface area (Å²) in [6.45, 7) is 0.962. The molecule has 2 atom stereocenters. The van der Waals surface area contributed by atoms with E-state index in [1.54, 1.807) is 0 Å². The molecule has 1 aliphatic carbocycles. The number of carboxylic acid groups (broad SMARTS) is 1. The lowest BCUT2D eigenvalue weighted by Gasteiger charge is -2.43. The Balaban J connectivity index is 1.54. The molecule has 2 aliphatic rings. The fourth-order valence-electron chi connectivity index (χ4n) is 3.53. The number of aromatic nitrogens is 4. The van der Waals surface area contributed by atoms with Gasteiger partial charge in [0.2, 0.25) is 5.60 Å². The number of oxime groups is 1. The van der Waals surface area contributed by atoms with Gasteiger partial charge in [-0.1, -0.05) is 5.16 Å². The van der Waals surface area contributed by atoms with Gasteiger partial charge in [0, 0.05) is 37.9 Å². The van der Waals surface area contributed by atoms with Gasteiger partial charge in [-0.15, -0.1) is 11.3 Å². The number of nitrogens with one attached hydrogen (secondary N) is 2. The second-order valence-electron chi connectivity index (χ2n) is 8.39. The predicted molar refractivity (Wildman–Crippen MR) is 129 cm³/mol. The highest BCUT2D eigenvalue weighted by Crippen LogP contribution is 2.40. The van der Waals surface area contributed by atoms with Crippen LogP contribution in [-0.2, 0) is 42.6 Å². The molecular formula is C18H24N10O8S2. The summed E-state index contributed by atoms with van der Waals surface area (Å²) in [6.07, 6.45) is 1.76. The maximum absolute atomic E-state index is 13.1. The van der Waals surface area contributed by atoms with Crippen molar-refractivity contribution in [2.75, 3.05) is 18.8 Å². The summed E-state index contributed by atoms with van der Waals surface area (Å²) in [5.74, 6) is -3.40. The number of β-lactam (4-membered cyclic amide) rings is 1. The number of hydrogen-bond donors (Lipinski definition) is 6. The van der Waals surface area contributed by atoms with Gasteiger partial charge in [-0.05, 0) is 0 Å². The number of carbonyl (C=O) groups is 3. The Morgan fingerprint density at radius 3 is 2.68 bits per heavy atom. The van der Waals surface area contributed by atoms with Crippen molar-refractivity contribution in [3.8, 4) is 0 Å². The SMILES string of the molecule is NCCNCc1cnn(C[C@@H]2[C@H](NC(=O)C(=NOC3(C(=O)O)CC3)c3csc(N)n3)C(=O)N2S(=O)(=O)O)n1. The quantitative estimate of drug-likeness (QED) is 0.0456. The van der Waals surface area contributed by atoms with E-state index < -0.39 is 51.5 Å². The lowest BCUT2D eigenvalue weighted by Crippen LogP contribution is -2.73.